The van der Waals surface area contributed by atoms with Crippen LogP contribution in [0, 0.1) is 13.8 Å². The Kier molecular flexibility index (Phi) is 5.04. The maximum absolute atomic E-state index is 5.42. The van der Waals surface area contributed by atoms with Crippen molar-refractivity contribution in [2.24, 2.45) is 5.73 Å². The molecule has 0 saturated carbocycles. The van der Waals surface area contributed by atoms with Crippen molar-refractivity contribution >= 4 is 5.82 Å². The lowest BCUT2D eigenvalue weighted by atomic mass is 10.2. The van der Waals surface area contributed by atoms with Gasteiger partial charge in [0.15, 0.2) is 0 Å². The number of nitrogens with one attached hydrogen (secondary N) is 1. The molecule has 0 bridgehead atoms. The number of nitrogens with two attached hydrogens (primary N) is 1. The summed E-state index contributed by atoms with van der Waals surface area (Å²) in [6.45, 7) is 5.64. The Bertz CT molecular complexity index is 299. The Morgan fingerprint density at radius 3 is 2.80 bits per heavy atom. The number of unbranched alkanes of at least 4 members (excludes halogenated alkanes) is 2. The molecule has 1 aromatic rings. The predicted octanol–water partition coefficient (Wildman–Crippen LogP) is 1.63. The number of nitrogens with zero attached hydrogens (tertiary/aromatic N) is 2. The highest BCUT2D eigenvalue weighted by atomic mass is 15.0. The van der Waals surface area contributed by atoms with Gasteiger partial charge < -0.3 is 11.1 Å². The summed E-state index contributed by atoms with van der Waals surface area (Å²) in [6.07, 6.45) is 5.18. The highest BCUT2D eigenvalue weighted by molar-refractivity contribution is 5.39. The van der Waals surface area contributed by atoms with Gasteiger partial charge in [-0.25, -0.2) is 4.98 Å². The van der Waals surface area contributed by atoms with Gasteiger partial charge in [0.25, 0.3) is 0 Å². The van der Waals surface area contributed by atoms with Gasteiger partial charge in [0.2, 0.25) is 0 Å². The van der Waals surface area contributed by atoms with Gasteiger partial charge in [0.05, 0.1) is 11.4 Å². The molecule has 4 nitrogen and oxygen atoms in total. The molecule has 0 spiro atoms. The summed E-state index contributed by atoms with van der Waals surface area (Å²) in [5.41, 5.74) is 7.33. The van der Waals surface area contributed by atoms with Gasteiger partial charge in [0, 0.05) is 12.7 Å². The Hall–Kier alpha value is -1.16. The largest absolute Gasteiger partial charge is 0.369 e. The topological polar surface area (TPSA) is 63.8 Å². The van der Waals surface area contributed by atoms with E-state index in [4.69, 9.17) is 5.73 Å². The Morgan fingerprint density at radius 1 is 1.27 bits per heavy atom. The zero-order valence-corrected chi connectivity index (χ0v) is 9.58. The van der Waals surface area contributed by atoms with Crippen LogP contribution in [0.25, 0.3) is 0 Å². The lowest BCUT2D eigenvalue weighted by molar-refractivity contribution is 0.705. The first kappa shape index (κ1) is 11.9. The van der Waals surface area contributed by atoms with Gasteiger partial charge in [-0.15, -0.1) is 0 Å². The van der Waals surface area contributed by atoms with Gasteiger partial charge in [-0.05, 0) is 33.2 Å². The highest BCUT2D eigenvalue weighted by Crippen LogP contribution is 2.08. The van der Waals surface area contributed by atoms with Crippen LogP contribution >= 0.6 is 0 Å². The standard InChI is InChI=1S/C11H20N4/c1-9-8-14-10(2)11(15-9)13-7-5-3-4-6-12/h8H,3-7,12H2,1-2H3,(H,13,15). The van der Waals surface area contributed by atoms with E-state index < -0.39 is 0 Å². The predicted molar refractivity (Wildman–Crippen MR) is 62.9 cm³/mol. The van der Waals surface area contributed by atoms with Crippen LogP contribution in [-0.2, 0) is 0 Å². The molecule has 0 amide bonds. The Balaban J connectivity index is 2.33. The van der Waals surface area contributed by atoms with Crippen LogP contribution in [0.5, 0.6) is 0 Å². The SMILES string of the molecule is Cc1cnc(C)c(NCCCCCN)n1. The number of rotatable bonds is 6. The van der Waals surface area contributed by atoms with Crippen molar-refractivity contribution in [3.63, 3.8) is 0 Å². The van der Waals surface area contributed by atoms with Crippen LogP contribution in [0.1, 0.15) is 30.7 Å². The van der Waals surface area contributed by atoms with Crippen molar-refractivity contribution in [1.29, 1.82) is 0 Å². The summed E-state index contributed by atoms with van der Waals surface area (Å²) in [5.74, 6) is 0.905. The van der Waals surface area contributed by atoms with E-state index in [-0.39, 0.29) is 0 Å². The lowest BCUT2D eigenvalue weighted by Gasteiger charge is -2.07. The zero-order valence-electron chi connectivity index (χ0n) is 9.58. The molecule has 0 aliphatic carbocycles. The van der Waals surface area contributed by atoms with E-state index in [1.54, 1.807) is 6.20 Å². The first-order valence-electron chi connectivity index (χ1n) is 5.48. The number of hydrogen-bond acceptors (Lipinski definition) is 4. The zero-order chi connectivity index (χ0) is 11.1. The minimum atomic E-state index is 0.781. The van der Waals surface area contributed by atoms with Crippen LogP contribution in [0.15, 0.2) is 6.20 Å². The molecule has 4 heteroatoms. The molecule has 0 aliphatic heterocycles. The fraction of sp³-hybridized carbons (Fsp3) is 0.636. The Morgan fingerprint density at radius 2 is 2.07 bits per heavy atom. The second-order valence-corrected chi connectivity index (χ2v) is 3.72. The first-order valence-corrected chi connectivity index (χ1v) is 5.48. The smallest absolute Gasteiger partial charge is 0.147 e. The maximum atomic E-state index is 5.42. The molecule has 0 aromatic carbocycles. The summed E-state index contributed by atoms with van der Waals surface area (Å²) in [7, 11) is 0. The summed E-state index contributed by atoms with van der Waals surface area (Å²) < 4.78 is 0. The van der Waals surface area contributed by atoms with Crippen LogP contribution in [0.2, 0.25) is 0 Å². The third kappa shape index (κ3) is 4.25. The van der Waals surface area contributed by atoms with Gasteiger partial charge in [0.1, 0.15) is 5.82 Å². The van der Waals surface area contributed by atoms with Crippen molar-refractivity contribution < 1.29 is 0 Å². The fourth-order valence-corrected chi connectivity index (χ4v) is 1.36. The quantitative estimate of drug-likeness (QED) is 0.697. The van der Waals surface area contributed by atoms with Gasteiger partial charge >= 0.3 is 0 Å². The molecule has 0 radical (unpaired) electrons. The molecule has 1 rings (SSSR count). The monoisotopic (exact) mass is 208 g/mol. The van der Waals surface area contributed by atoms with Crippen LogP contribution < -0.4 is 11.1 Å². The minimum Gasteiger partial charge on any atom is -0.369 e. The second-order valence-electron chi connectivity index (χ2n) is 3.72. The van der Waals surface area contributed by atoms with E-state index in [0.717, 1.165) is 43.1 Å². The maximum Gasteiger partial charge on any atom is 0.147 e. The molecule has 84 valence electrons. The summed E-state index contributed by atoms with van der Waals surface area (Å²) >= 11 is 0. The van der Waals surface area contributed by atoms with E-state index in [1.165, 1.54) is 6.42 Å². The first-order chi connectivity index (χ1) is 7.24. The number of hydrogen-bond donors (Lipinski definition) is 2. The molecule has 0 unspecified atom stereocenters. The van der Waals surface area contributed by atoms with Crippen molar-refractivity contribution in [2.75, 3.05) is 18.4 Å². The van der Waals surface area contributed by atoms with E-state index in [2.05, 4.69) is 15.3 Å². The summed E-state index contributed by atoms with van der Waals surface area (Å²) in [6, 6.07) is 0. The molecule has 1 aromatic heterocycles. The summed E-state index contributed by atoms with van der Waals surface area (Å²) in [5, 5.41) is 3.30. The molecule has 0 fully saturated rings. The second kappa shape index (κ2) is 6.35. The summed E-state index contributed by atoms with van der Waals surface area (Å²) in [4.78, 5) is 8.64. The molecule has 1 heterocycles. The fourth-order valence-electron chi connectivity index (χ4n) is 1.36. The van der Waals surface area contributed by atoms with Gasteiger partial charge in [-0.3, -0.25) is 4.98 Å². The third-order valence-corrected chi connectivity index (χ3v) is 2.25. The normalized spacial score (nSPS) is 10.3. The minimum absolute atomic E-state index is 0.781. The molecule has 0 aliphatic rings. The van der Waals surface area contributed by atoms with Crippen LogP contribution in [0.4, 0.5) is 5.82 Å². The van der Waals surface area contributed by atoms with E-state index >= 15 is 0 Å². The molecule has 3 N–H and O–H groups in total. The lowest BCUT2D eigenvalue weighted by Crippen LogP contribution is -2.07. The van der Waals surface area contributed by atoms with Crippen molar-refractivity contribution in [1.82, 2.24) is 9.97 Å². The molecule has 0 saturated heterocycles. The average molecular weight is 208 g/mol. The Labute approximate surface area is 91.3 Å². The molecule has 0 atom stereocenters. The van der Waals surface area contributed by atoms with Gasteiger partial charge in [-0.2, -0.15) is 0 Å². The molecule has 15 heavy (non-hydrogen) atoms. The van der Waals surface area contributed by atoms with E-state index in [9.17, 15) is 0 Å². The average Bonchev–Trinajstić information content (AvgIpc) is 2.23. The number of anilines is 1. The van der Waals surface area contributed by atoms with Crippen molar-refractivity contribution in [3.05, 3.63) is 17.6 Å². The third-order valence-electron chi connectivity index (χ3n) is 2.25. The van der Waals surface area contributed by atoms with Crippen molar-refractivity contribution in [2.45, 2.75) is 33.1 Å². The number of aromatic nitrogens is 2. The van der Waals surface area contributed by atoms with Crippen LogP contribution in [-0.4, -0.2) is 23.1 Å². The van der Waals surface area contributed by atoms with Crippen LogP contribution in [0.3, 0.4) is 0 Å². The van der Waals surface area contributed by atoms with Crippen molar-refractivity contribution in [3.8, 4) is 0 Å². The molecular formula is C11H20N4. The highest BCUT2D eigenvalue weighted by Gasteiger charge is 2.00. The molecular weight excluding hydrogens is 188 g/mol. The number of aryl methyl sites for hydroxylation is 2. The van der Waals surface area contributed by atoms with Gasteiger partial charge in [-0.1, -0.05) is 6.42 Å². The van der Waals surface area contributed by atoms with E-state index in [1.807, 2.05) is 13.8 Å². The van der Waals surface area contributed by atoms with E-state index in [0.29, 0.717) is 0 Å².